The van der Waals surface area contributed by atoms with E-state index in [2.05, 4.69) is 26.7 Å². The van der Waals surface area contributed by atoms with E-state index in [1.165, 1.54) is 19.2 Å². The number of hydrogen-bond donors (Lipinski definition) is 4. The van der Waals surface area contributed by atoms with Crippen molar-refractivity contribution in [2.24, 2.45) is 11.8 Å². The minimum absolute atomic E-state index is 0.215. The number of anilines is 2. The van der Waals surface area contributed by atoms with E-state index in [1.54, 1.807) is 0 Å². The minimum Gasteiger partial charge on any atom is -0.493 e. The predicted molar refractivity (Wildman–Crippen MR) is 135 cm³/mol. The van der Waals surface area contributed by atoms with Gasteiger partial charge >= 0.3 is 0 Å². The van der Waals surface area contributed by atoms with E-state index in [9.17, 15) is 10.2 Å². The highest BCUT2D eigenvalue weighted by Crippen LogP contribution is 2.38. The molecule has 9 heteroatoms. The van der Waals surface area contributed by atoms with E-state index in [1.807, 2.05) is 48.1 Å². The van der Waals surface area contributed by atoms with Gasteiger partial charge in [-0.2, -0.15) is 0 Å². The average Bonchev–Trinajstić information content (AvgIpc) is 3.56. The van der Waals surface area contributed by atoms with Gasteiger partial charge in [-0.05, 0) is 55.5 Å². The highest BCUT2D eigenvalue weighted by Gasteiger charge is 2.43. The molecule has 2 aliphatic carbocycles. The lowest BCUT2D eigenvalue weighted by molar-refractivity contribution is -0.00141. The summed E-state index contributed by atoms with van der Waals surface area (Å²) in [5.41, 5.74) is 1.60. The lowest BCUT2D eigenvalue weighted by Gasteiger charge is -2.19. The molecule has 3 aromatic heterocycles. The molecule has 0 saturated heterocycles. The summed E-state index contributed by atoms with van der Waals surface area (Å²) in [6.45, 7) is 1.27. The Kier molecular flexibility index (Phi) is 5.66. The standard InChI is InChI=1S/C26H30N6O3/c1-27-25-19-8-9-32(26(19)30-14-29-25)21-10-17(23(33)24(21)34)13-35-18-6-4-16-5-7-22(31-20(16)11-18)28-12-15-2-3-15/h4-9,11,14-15,17,21,23-24,33-34H,2-3,10,12-13H2,1H3,(H,28,31)(H,27,29,30)/t17-,21-,23-,24+/m1/s1. The molecule has 0 aliphatic heterocycles. The molecule has 0 radical (unpaired) electrons. The van der Waals surface area contributed by atoms with Gasteiger partial charge in [-0.1, -0.05) is 0 Å². The van der Waals surface area contributed by atoms with Crippen molar-refractivity contribution in [3.8, 4) is 5.75 Å². The van der Waals surface area contributed by atoms with Crippen LogP contribution in [0, 0.1) is 11.8 Å². The summed E-state index contributed by atoms with van der Waals surface area (Å²) < 4.78 is 8.01. The summed E-state index contributed by atoms with van der Waals surface area (Å²) in [6.07, 6.45) is 4.77. The third kappa shape index (κ3) is 4.26. The first-order valence-corrected chi connectivity index (χ1v) is 12.2. The predicted octanol–water partition coefficient (Wildman–Crippen LogP) is 3.20. The van der Waals surface area contributed by atoms with Crippen LogP contribution in [0.1, 0.15) is 25.3 Å². The number of hydrogen-bond acceptors (Lipinski definition) is 8. The third-order valence-corrected chi connectivity index (χ3v) is 7.27. The molecule has 4 atom stereocenters. The van der Waals surface area contributed by atoms with Gasteiger partial charge in [-0.3, -0.25) is 0 Å². The van der Waals surface area contributed by atoms with Crippen molar-refractivity contribution in [3.63, 3.8) is 0 Å². The molecule has 35 heavy (non-hydrogen) atoms. The summed E-state index contributed by atoms with van der Waals surface area (Å²) in [7, 11) is 1.81. The Morgan fingerprint density at radius 1 is 1.09 bits per heavy atom. The molecule has 6 rings (SSSR count). The van der Waals surface area contributed by atoms with Crippen molar-refractivity contribution in [1.82, 2.24) is 19.5 Å². The number of nitrogens with one attached hydrogen (secondary N) is 2. The maximum Gasteiger partial charge on any atom is 0.145 e. The van der Waals surface area contributed by atoms with E-state index < -0.39 is 12.2 Å². The molecule has 2 fully saturated rings. The maximum atomic E-state index is 10.8. The Morgan fingerprint density at radius 3 is 2.77 bits per heavy atom. The van der Waals surface area contributed by atoms with E-state index in [0.717, 1.165) is 46.0 Å². The summed E-state index contributed by atoms with van der Waals surface area (Å²) in [4.78, 5) is 13.4. The topological polar surface area (TPSA) is 117 Å². The number of nitrogens with zero attached hydrogens (tertiary/aromatic N) is 4. The van der Waals surface area contributed by atoms with Gasteiger partial charge in [-0.15, -0.1) is 0 Å². The van der Waals surface area contributed by atoms with Gasteiger partial charge in [0.25, 0.3) is 0 Å². The zero-order valence-corrected chi connectivity index (χ0v) is 19.6. The first kappa shape index (κ1) is 22.1. The molecule has 3 heterocycles. The molecule has 2 saturated carbocycles. The van der Waals surface area contributed by atoms with Crippen LogP contribution in [0.3, 0.4) is 0 Å². The van der Waals surface area contributed by atoms with Gasteiger partial charge in [0, 0.05) is 37.2 Å². The lowest BCUT2D eigenvalue weighted by Crippen LogP contribution is -2.31. The first-order valence-electron chi connectivity index (χ1n) is 12.2. The molecule has 182 valence electrons. The average molecular weight is 475 g/mol. The van der Waals surface area contributed by atoms with Crippen molar-refractivity contribution in [1.29, 1.82) is 0 Å². The van der Waals surface area contributed by atoms with Crippen LogP contribution in [0.4, 0.5) is 11.6 Å². The van der Waals surface area contributed by atoms with Crippen LogP contribution >= 0.6 is 0 Å². The number of pyridine rings is 1. The second-order valence-electron chi connectivity index (χ2n) is 9.66. The SMILES string of the molecule is CNc1ncnc2c1ccn2[C@@H]1C[C@H](COc2ccc3ccc(NCC4CC4)nc3c2)[C@@H](O)[C@H]1O. The van der Waals surface area contributed by atoms with Crippen molar-refractivity contribution < 1.29 is 14.9 Å². The van der Waals surface area contributed by atoms with Crippen LogP contribution in [-0.4, -0.2) is 62.1 Å². The fourth-order valence-electron chi connectivity index (χ4n) is 5.04. The number of rotatable bonds is 8. The number of aliphatic hydroxyl groups is 2. The number of fused-ring (bicyclic) bond motifs is 2. The fourth-order valence-corrected chi connectivity index (χ4v) is 5.04. The van der Waals surface area contributed by atoms with Crippen molar-refractivity contribution in [3.05, 3.63) is 48.9 Å². The molecule has 0 spiro atoms. The fraction of sp³-hybridized carbons (Fsp3) is 0.423. The van der Waals surface area contributed by atoms with Crippen LogP contribution < -0.4 is 15.4 Å². The quantitative estimate of drug-likeness (QED) is 0.308. The van der Waals surface area contributed by atoms with Crippen LogP contribution in [0.5, 0.6) is 5.75 Å². The van der Waals surface area contributed by atoms with Crippen LogP contribution in [0.2, 0.25) is 0 Å². The molecule has 2 aliphatic rings. The molecular formula is C26H30N6O3. The Labute approximate surface area is 203 Å². The molecule has 9 nitrogen and oxygen atoms in total. The van der Waals surface area contributed by atoms with Crippen LogP contribution in [-0.2, 0) is 0 Å². The number of aliphatic hydroxyl groups excluding tert-OH is 2. The maximum absolute atomic E-state index is 10.8. The monoisotopic (exact) mass is 474 g/mol. The smallest absolute Gasteiger partial charge is 0.145 e. The highest BCUT2D eigenvalue weighted by atomic mass is 16.5. The van der Waals surface area contributed by atoms with Crippen molar-refractivity contribution in [2.75, 3.05) is 30.8 Å². The third-order valence-electron chi connectivity index (χ3n) is 7.27. The van der Waals surface area contributed by atoms with Gasteiger partial charge in [0.1, 0.15) is 35.5 Å². The summed E-state index contributed by atoms with van der Waals surface area (Å²) >= 11 is 0. The molecule has 1 aromatic carbocycles. The molecule has 0 amide bonds. The summed E-state index contributed by atoms with van der Waals surface area (Å²) in [5.74, 6) is 2.88. The zero-order chi connectivity index (χ0) is 23.9. The lowest BCUT2D eigenvalue weighted by atomic mass is 10.1. The minimum atomic E-state index is -0.912. The summed E-state index contributed by atoms with van der Waals surface area (Å²) in [5, 5.41) is 30.0. The van der Waals surface area contributed by atoms with Crippen LogP contribution in [0.25, 0.3) is 21.9 Å². The second-order valence-corrected chi connectivity index (χ2v) is 9.66. The Morgan fingerprint density at radius 2 is 1.94 bits per heavy atom. The van der Waals surface area contributed by atoms with E-state index in [4.69, 9.17) is 9.72 Å². The van der Waals surface area contributed by atoms with Gasteiger partial charge < -0.3 is 30.2 Å². The molecule has 4 N–H and O–H groups in total. The Hall–Kier alpha value is -3.43. The van der Waals surface area contributed by atoms with Gasteiger partial charge in [0.05, 0.1) is 29.7 Å². The normalized spacial score (nSPS) is 24.2. The highest BCUT2D eigenvalue weighted by molar-refractivity contribution is 5.87. The van der Waals surface area contributed by atoms with Gasteiger partial charge in [-0.25, -0.2) is 15.0 Å². The van der Waals surface area contributed by atoms with Gasteiger partial charge in [0.15, 0.2) is 0 Å². The van der Waals surface area contributed by atoms with E-state index >= 15 is 0 Å². The van der Waals surface area contributed by atoms with E-state index in [-0.39, 0.29) is 12.0 Å². The first-order chi connectivity index (χ1) is 17.1. The molecular weight excluding hydrogens is 444 g/mol. The van der Waals surface area contributed by atoms with Crippen molar-refractivity contribution >= 4 is 33.6 Å². The number of ether oxygens (including phenoxy) is 1. The number of aromatic nitrogens is 4. The molecule has 0 unspecified atom stereocenters. The zero-order valence-electron chi connectivity index (χ0n) is 19.6. The Bertz CT molecular complexity index is 1350. The Balaban J connectivity index is 1.15. The molecule has 4 aromatic rings. The van der Waals surface area contributed by atoms with Gasteiger partial charge in [0.2, 0.25) is 0 Å². The largest absolute Gasteiger partial charge is 0.493 e. The van der Waals surface area contributed by atoms with Crippen molar-refractivity contribution in [2.45, 2.75) is 37.5 Å². The molecule has 0 bridgehead atoms. The number of benzene rings is 1. The van der Waals surface area contributed by atoms with E-state index in [0.29, 0.717) is 18.8 Å². The summed E-state index contributed by atoms with van der Waals surface area (Å²) in [6, 6.07) is 11.6. The van der Waals surface area contributed by atoms with Crippen LogP contribution in [0.15, 0.2) is 48.9 Å². The second kappa shape index (κ2) is 8.98.